The first-order valence-corrected chi connectivity index (χ1v) is 10.3. The number of carbonyl (C=O) groups is 3. The molecule has 0 radical (unpaired) electrons. The van der Waals surface area contributed by atoms with Crippen LogP contribution in [0.3, 0.4) is 0 Å². The van der Waals surface area contributed by atoms with Gasteiger partial charge in [-0.3, -0.25) is 19.3 Å². The van der Waals surface area contributed by atoms with Crippen molar-refractivity contribution in [2.24, 2.45) is 5.41 Å². The maximum Gasteiger partial charge on any atom is 0.245 e. The maximum atomic E-state index is 13.0. The Balaban J connectivity index is 1.89. The van der Waals surface area contributed by atoms with Crippen LogP contribution in [-0.4, -0.2) is 95.7 Å². The van der Waals surface area contributed by atoms with E-state index in [1.165, 1.54) is 0 Å². The summed E-state index contributed by atoms with van der Waals surface area (Å²) in [4.78, 5) is 45.6. The molecule has 2 aliphatic heterocycles. The number of hydrogen-bond donors (Lipinski definition) is 0. The number of likely N-dealkylation sites (tertiary alicyclic amines) is 1. The highest BCUT2D eigenvalue weighted by Gasteiger charge is 2.40. The van der Waals surface area contributed by atoms with Gasteiger partial charge in [0.1, 0.15) is 6.04 Å². The first-order valence-electron chi connectivity index (χ1n) is 10.3. The molecule has 3 amide bonds. The van der Waals surface area contributed by atoms with E-state index in [0.29, 0.717) is 39.3 Å². The van der Waals surface area contributed by atoms with Gasteiger partial charge in [-0.2, -0.15) is 0 Å². The lowest BCUT2D eigenvalue weighted by atomic mass is 9.94. The molecule has 2 saturated heterocycles. The minimum absolute atomic E-state index is 0.0572. The molecule has 2 rings (SSSR count). The Labute approximate surface area is 163 Å². The second-order valence-electron chi connectivity index (χ2n) is 8.57. The molecule has 0 N–H and O–H groups in total. The summed E-state index contributed by atoms with van der Waals surface area (Å²) >= 11 is 0. The van der Waals surface area contributed by atoms with Crippen molar-refractivity contribution in [1.82, 2.24) is 19.6 Å². The lowest BCUT2D eigenvalue weighted by Gasteiger charge is -2.38. The number of amides is 3. The van der Waals surface area contributed by atoms with E-state index in [1.54, 1.807) is 4.90 Å². The van der Waals surface area contributed by atoms with Crippen LogP contribution in [0.1, 0.15) is 47.5 Å². The first-order chi connectivity index (χ1) is 12.7. The van der Waals surface area contributed by atoms with Gasteiger partial charge in [0.25, 0.3) is 0 Å². The lowest BCUT2D eigenvalue weighted by Crippen LogP contribution is -2.56. The summed E-state index contributed by atoms with van der Waals surface area (Å²) < 4.78 is 0. The van der Waals surface area contributed by atoms with E-state index >= 15 is 0 Å². The van der Waals surface area contributed by atoms with E-state index < -0.39 is 5.41 Å². The number of likely N-dealkylation sites (N-methyl/N-ethyl adjacent to an activating group) is 1. The highest BCUT2D eigenvalue weighted by molar-refractivity contribution is 5.90. The summed E-state index contributed by atoms with van der Waals surface area (Å²) in [5.41, 5.74) is -0.466. The molecule has 1 unspecified atom stereocenters. The smallest absolute Gasteiger partial charge is 0.245 e. The molecule has 2 fully saturated rings. The maximum absolute atomic E-state index is 13.0. The van der Waals surface area contributed by atoms with Crippen LogP contribution in [0, 0.1) is 5.41 Å². The van der Waals surface area contributed by atoms with Gasteiger partial charge in [-0.25, -0.2) is 0 Å². The average Bonchev–Trinajstić information content (AvgIpc) is 3.10. The number of piperazine rings is 1. The zero-order valence-corrected chi connectivity index (χ0v) is 17.7. The summed E-state index contributed by atoms with van der Waals surface area (Å²) in [5, 5.41) is 0. The molecule has 0 aliphatic carbocycles. The summed E-state index contributed by atoms with van der Waals surface area (Å²) in [7, 11) is 0. The Bertz CT molecular complexity index is 546. The fraction of sp³-hybridized carbons (Fsp3) is 0.850. The van der Waals surface area contributed by atoms with Crippen LogP contribution < -0.4 is 0 Å². The Hall–Kier alpha value is -1.63. The minimum Gasteiger partial charge on any atom is -0.342 e. The van der Waals surface area contributed by atoms with Crippen molar-refractivity contribution in [2.75, 3.05) is 52.4 Å². The largest absolute Gasteiger partial charge is 0.342 e. The molecule has 27 heavy (non-hydrogen) atoms. The van der Waals surface area contributed by atoms with E-state index in [4.69, 9.17) is 0 Å². The van der Waals surface area contributed by atoms with E-state index in [2.05, 4.69) is 4.90 Å². The van der Waals surface area contributed by atoms with Crippen molar-refractivity contribution in [3.63, 3.8) is 0 Å². The molecule has 0 aromatic carbocycles. The fourth-order valence-electron chi connectivity index (χ4n) is 3.90. The van der Waals surface area contributed by atoms with E-state index in [1.807, 2.05) is 44.4 Å². The molecular weight excluding hydrogens is 344 g/mol. The third kappa shape index (κ3) is 5.21. The minimum atomic E-state index is -0.466. The molecule has 0 spiro atoms. The quantitative estimate of drug-likeness (QED) is 0.715. The summed E-state index contributed by atoms with van der Waals surface area (Å²) in [6, 6.07) is -0.319. The fourth-order valence-corrected chi connectivity index (χ4v) is 3.90. The molecular formula is C20H36N4O3. The van der Waals surface area contributed by atoms with Crippen LogP contribution in [0.25, 0.3) is 0 Å². The van der Waals surface area contributed by atoms with Gasteiger partial charge in [-0.1, -0.05) is 20.8 Å². The molecule has 2 aliphatic rings. The van der Waals surface area contributed by atoms with E-state index in [9.17, 15) is 14.4 Å². The number of carbonyl (C=O) groups excluding carboxylic acids is 3. The molecule has 0 aromatic heterocycles. The van der Waals surface area contributed by atoms with Crippen molar-refractivity contribution >= 4 is 17.7 Å². The van der Waals surface area contributed by atoms with Crippen LogP contribution in [0.4, 0.5) is 0 Å². The van der Waals surface area contributed by atoms with Gasteiger partial charge in [-0.15, -0.1) is 0 Å². The van der Waals surface area contributed by atoms with Gasteiger partial charge in [-0.05, 0) is 26.7 Å². The zero-order valence-electron chi connectivity index (χ0n) is 17.7. The third-order valence-corrected chi connectivity index (χ3v) is 5.60. The Kier molecular flexibility index (Phi) is 7.25. The van der Waals surface area contributed by atoms with Crippen molar-refractivity contribution in [3.05, 3.63) is 0 Å². The summed E-state index contributed by atoms with van der Waals surface area (Å²) in [5.74, 6) is 0.277. The molecule has 2 heterocycles. The SMILES string of the molecule is CCN(CC)C(=O)CN1CCN(C(=O)C2CCCN2C(=O)C(C)(C)C)CC1. The predicted molar refractivity (Wildman–Crippen MR) is 105 cm³/mol. The lowest BCUT2D eigenvalue weighted by molar-refractivity contribution is -0.149. The van der Waals surface area contributed by atoms with Gasteiger partial charge in [0.2, 0.25) is 17.7 Å². The Morgan fingerprint density at radius 3 is 2.07 bits per heavy atom. The van der Waals surface area contributed by atoms with Gasteiger partial charge >= 0.3 is 0 Å². The van der Waals surface area contributed by atoms with Crippen LogP contribution in [-0.2, 0) is 14.4 Å². The topological polar surface area (TPSA) is 64.2 Å². The Morgan fingerprint density at radius 1 is 0.963 bits per heavy atom. The Morgan fingerprint density at radius 2 is 1.56 bits per heavy atom. The predicted octanol–water partition coefficient (Wildman–Crippen LogP) is 1.04. The van der Waals surface area contributed by atoms with Crippen LogP contribution in [0.2, 0.25) is 0 Å². The second-order valence-corrected chi connectivity index (χ2v) is 8.57. The van der Waals surface area contributed by atoms with E-state index in [-0.39, 0.29) is 23.8 Å². The van der Waals surface area contributed by atoms with Crippen LogP contribution >= 0.6 is 0 Å². The van der Waals surface area contributed by atoms with Gasteiger partial charge in [0.05, 0.1) is 6.54 Å². The van der Waals surface area contributed by atoms with E-state index in [0.717, 1.165) is 25.9 Å². The zero-order chi connectivity index (χ0) is 20.2. The second kappa shape index (κ2) is 9.04. The number of nitrogens with zero attached hydrogens (tertiary/aromatic N) is 4. The van der Waals surface area contributed by atoms with Crippen molar-refractivity contribution in [3.8, 4) is 0 Å². The number of rotatable bonds is 5. The highest BCUT2D eigenvalue weighted by atomic mass is 16.2. The van der Waals surface area contributed by atoms with Crippen molar-refractivity contribution in [1.29, 1.82) is 0 Å². The van der Waals surface area contributed by atoms with Gasteiger partial charge in [0.15, 0.2) is 0 Å². The van der Waals surface area contributed by atoms with Crippen LogP contribution in [0.5, 0.6) is 0 Å². The molecule has 1 atom stereocenters. The average molecular weight is 381 g/mol. The van der Waals surface area contributed by atoms with Gasteiger partial charge < -0.3 is 14.7 Å². The standard InChI is InChI=1S/C20H36N4O3/c1-6-22(7-2)17(25)15-21-11-13-23(14-12-21)18(26)16-9-8-10-24(16)19(27)20(3,4)5/h16H,6-15H2,1-5H3. The normalized spacial score (nSPS) is 21.4. The van der Waals surface area contributed by atoms with Crippen molar-refractivity contribution < 1.29 is 14.4 Å². The molecule has 7 heteroatoms. The monoisotopic (exact) mass is 380 g/mol. The molecule has 0 bridgehead atoms. The summed E-state index contributed by atoms with van der Waals surface area (Å²) in [6.07, 6.45) is 1.64. The van der Waals surface area contributed by atoms with Gasteiger partial charge in [0, 0.05) is 51.2 Å². The number of hydrogen-bond acceptors (Lipinski definition) is 4. The molecule has 0 aromatic rings. The third-order valence-electron chi connectivity index (χ3n) is 5.60. The first kappa shape index (κ1) is 21.7. The molecule has 7 nitrogen and oxygen atoms in total. The molecule has 154 valence electrons. The van der Waals surface area contributed by atoms with Crippen molar-refractivity contribution in [2.45, 2.75) is 53.5 Å². The summed E-state index contributed by atoms with van der Waals surface area (Å²) in [6.45, 7) is 14.9. The molecule has 0 saturated carbocycles. The highest BCUT2D eigenvalue weighted by Crippen LogP contribution is 2.26. The van der Waals surface area contributed by atoms with Crippen LogP contribution in [0.15, 0.2) is 0 Å².